The number of amides is 2. The van der Waals surface area contributed by atoms with Gasteiger partial charge >= 0.3 is 0 Å². The number of carbonyl (C=O) groups excluding carboxylic acids is 2. The summed E-state index contributed by atoms with van der Waals surface area (Å²) >= 11 is 0. The topological polar surface area (TPSA) is 75.4 Å². The molecule has 2 amide bonds. The molecule has 0 aliphatic carbocycles. The molecule has 1 aliphatic heterocycles. The molecule has 3 N–H and O–H groups in total. The number of rotatable bonds is 6. The quantitative estimate of drug-likeness (QED) is 0.297. The van der Waals surface area contributed by atoms with E-state index in [1.54, 1.807) is 11.0 Å². The normalized spacial score (nSPS) is 14.7. The standard InChI is InChI=1S/C11H17N3O2/c1-9-6-7-11(16)14(9)8-4-2-3-5-10(15)13-12/h6-7H,1-5,8,12H2,(H,13,15). The van der Waals surface area contributed by atoms with Gasteiger partial charge in [-0.3, -0.25) is 15.0 Å². The fourth-order valence-corrected chi connectivity index (χ4v) is 1.55. The molecule has 0 atom stereocenters. The SMILES string of the molecule is C=C1C=CC(=O)N1CCCCCC(=O)NN. The Labute approximate surface area is 94.9 Å². The molecule has 0 unspecified atom stereocenters. The van der Waals surface area contributed by atoms with Crippen molar-refractivity contribution in [2.24, 2.45) is 5.84 Å². The monoisotopic (exact) mass is 223 g/mol. The molecule has 0 bridgehead atoms. The third-order valence-electron chi connectivity index (χ3n) is 2.48. The Bertz CT molecular complexity index is 305. The zero-order valence-electron chi connectivity index (χ0n) is 9.24. The van der Waals surface area contributed by atoms with Crippen molar-refractivity contribution in [2.45, 2.75) is 25.7 Å². The molecule has 5 nitrogen and oxygen atoms in total. The van der Waals surface area contributed by atoms with Crippen LogP contribution in [0.3, 0.4) is 0 Å². The molecule has 0 saturated carbocycles. The van der Waals surface area contributed by atoms with Crippen LogP contribution in [0.5, 0.6) is 0 Å². The second kappa shape index (κ2) is 6.07. The summed E-state index contributed by atoms with van der Waals surface area (Å²) in [5.74, 6) is 4.79. The summed E-state index contributed by atoms with van der Waals surface area (Å²) in [6.07, 6.45) is 6.21. The van der Waals surface area contributed by atoms with Crippen LogP contribution in [0.15, 0.2) is 24.4 Å². The Hall–Kier alpha value is -1.62. The van der Waals surface area contributed by atoms with Crippen LogP contribution in [0, 0.1) is 0 Å². The van der Waals surface area contributed by atoms with Crippen molar-refractivity contribution in [1.29, 1.82) is 0 Å². The van der Waals surface area contributed by atoms with Crippen molar-refractivity contribution in [3.8, 4) is 0 Å². The van der Waals surface area contributed by atoms with Gasteiger partial charge in [-0.1, -0.05) is 13.0 Å². The van der Waals surface area contributed by atoms with Gasteiger partial charge in [0.1, 0.15) is 0 Å². The molecular weight excluding hydrogens is 206 g/mol. The summed E-state index contributed by atoms with van der Waals surface area (Å²) in [5, 5.41) is 0. The number of carbonyl (C=O) groups is 2. The fourth-order valence-electron chi connectivity index (χ4n) is 1.55. The number of hydrogen-bond donors (Lipinski definition) is 2. The van der Waals surface area contributed by atoms with E-state index in [-0.39, 0.29) is 11.8 Å². The molecule has 1 heterocycles. The first-order chi connectivity index (χ1) is 7.65. The summed E-state index contributed by atoms with van der Waals surface area (Å²) in [6.45, 7) is 4.43. The van der Waals surface area contributed by atoms with Gasteiger partial charge < -0.3 is 4.90 Å². The number of hydrogen-bond acceptors (Lipinski definition) is 3. The van der Waals surface area contributed by atoms with Crippen LogP contribution in [0.4, 0.5) is 0 Å². The maximum atomic E-state index is 11.3. The first-order valence-corrected chi connectivity index (χ1v) is 5.33. The molecule has 1 aliphatic rings. The molecule has 1 rings (SSSR count). The van der Waals surface area contributed by atoms with E-state index in [9.17, 15) is 9.59 Å². The van der Waals surface area contributed by atoms with Gasteiger partial charge in [-0.05, 0) is 18.9 Å². The molecule has 0 aromatic rings. The number of hydrazine groups is 1. The maximum absolute atomic E-state index is 11.3. The first-order valence-electron chi connectivity index (χ1n) is 5.33. The van der Waals surface area contributed by atoms with Gasteiger partial charge in [-0.25, -0.2) is 5.84 Å². The smallest absolute Gasteiger partial charge is 0.251 e. The Kier molecular flexibility index (Phi) is 4.72. The molecular formula is C11H17N3O2. The van der Waals surface area contributed by atoms with Gasteiger partial charge in [0, 0.05) is 24.7 Å². The van der Waals surface area contributed by atoms with E-state index in [1.165, 1.54) is 6.08 Å². The predicted octanol–water partition coefficient (Wildman–Crippen LogP) is 0.449. The highest BCUT2D eigenvalue weighted by atomic mass is 16.2. The number of nitrogens with two attached hydrogens (primary N) is 1. The van der Waals surface area contributed by atoms with E-state index in [0.717, 1.165) is 25.0 Å². The van der Waals surface area contributed by atoms with Crippen LogP contribution in [-0.4, -0.2) is 23.3 Å². The maximum Gasteiger partial charge on any atom is 0.251 e. The molecule has 0 fully saturated rings. The molecule has 16 heavy (non-hydrogen) atoms. The summed E-state index contributed by atoms with van der Waals surface area (Å²) in [5.41, 5.74) is 2.82. The molecule has 88 valence electrons. The van der Waals surface area contributed by atoms with Crippen molar-refractivity contribution in [1.82, 2.24) is 10.3 Å². The van der Waals surface area contributed by atoms with E-state index in [4.69, 9.17) is 5.84 Å². The average molecular weight is 223 g/mol. The largest absolute Gasteiger partial charge is 0.309 e. The number of nitrogens with zero attached hydrogens (tertiary/aromatic N) is 1. The minimum absolute atomic E-state index is 0.00954. The highest BCUT2D eigenvalue weighted by molar-refractivity contribution is 5.92. The highest BCUT2D eigenvalue weighted by Gasteiger charge is 2.17. The molecule has 0 radical (unpaired) electrons. The summed E-state index contributed by atoms with van der Waals surface area (Å²) < 4.78 is 0. The second-order valence-corrected chi connectivity index (χ2v) is 3.69. The van der Waals surface area contributed by atoms with E-state index >= 15 is 0 Å². The van der Waals surface area contributed by atoms with Gasteiger partial charge in [0.15, 0.2) is 0 Å². The minimum atomic E-state index is -0.150. The first kappa shape index (κ1) is 12.4. The van der Waals surface area contributed by atoms with Crippen LogP contribution in [0.25, 0.3) is 0 Å². The Morgan fingerprint density at radius 1 is 1.38 bits per heavy atom. The van der Waals surface area contributed by atoms with Gasteiger partial charge in [0.05, 0.1) is 0 Å². The average Bonchev–Trinajstić information content (AvgIpc) is 2.59. The molecule has 0 aromatic heterocycles. The van der Waals surface area contributed by atoms with Crippen LogP contribution in [0.1, 0.15) is 25.7 Å². The third kappa shape index (κ3) is 3.51. The van der Waals surface area contributed by atoms with Crippen molar-refractivity contribution >= 4 is 11.8 Å². The van der Waals surface area contributed by atoms with Crippen molar-refractivity contribution in [2.75, 3.05) is 6.54 Å². The van der Waals surface area contributed by atoms with Crippen LogP contribution in [0.2, 0.25) is 0 Å². The van der Waals surface area contributed by atoms with Gasteiger partial charge in [-0.2, -0.15) is 0 Å². The highest BCUT2D eigenvalue weighted by Crippen LogP contribution is 2.14. The van der Waals surface area contributed by atoms with Crippen LogP contribution >= 0.6 is 0 Å². The summed E-state index contributed by atoms with van der Waals surface area (Å²) in [7, 11) is 0. The van der Waals surface area contributed by atoms with Gasteiger partial charge in [-0.15, -0.1) is 0 Å². The lowest BCUT2D eigenvalue weighted by Gasteiger charge is -2.16. The van der Waals surface area contributed by atoms with Crippen molar-refractivity contribution in [3.05, 3.63) is 24.4 Å². The van der Waals surface area contributed by atoms with Crippen LogP contribution in [-0.2, 0) is 9.59 Å². The Morgan fingerprint density at radius 2 is 2.12 bits per heavy atom. The van der Waals surface area contributed by atoms with E-state index in [1.807, 2.05) is 0 Å². The fraction of sp³-hybridized carbons (Fsp3) is 0.455. The summed E-state index contributed by atoms with van der Waals surface area (Å²) in [6, 6.07) is 0. The van der Waals surface area contributed by atoms with E-state index in [0.29, 0.717) is 13.0 Å². The lowest BCUT2D eigenvalue weighted by atomic mass is 10.2. The zero-order chi connectivity index (χ0) is 12.0. The lowest BCUT2D eigenvalue weighted by molar-refractivity contribution is -0.123. The van der Waals surface area contributed by atoms with Crippen molar-refractivity contribution in [3.63, 3.8) is 0 Å². The Balaban J connectivity index is 2.10. The van der Waals surface area contributed by atoms with Crippen LogP contribution < -0.4 is 11.3 Å². The number of allylic oxidation sites excluding steroid dienone is 1. The number of nitrogens with one attached hydrogen (secondary N) is 1. The zero-order valence-corrected chi connectivity index (χ0v) is 9.24. The van der Waals surface area contributed by atoms with E-state index < -0.39 is 0 Å². The van der Waals surface area contributed by atoms with Gasteiger partial charge in [0.2, 0.25) is 5.91 Å². The number of unbranched alkanes of at least 4 members (excludes halogenated alkanes) is 2. The second-order valence-electron chi connectivity index (χ2n) is 3.69. The van der Waals surface area contributed by atoms with Crippen molar-refractivity contribution < 1.29 is 9.59 Å². The molecule has 5 heteroatoms. The van der Waals surface area contributed by atoms with E-state index in [2.05, 4.69) is 12.0 Å². The predicted molar refractivity (Wildman–Crippen MR) is 60.8 cm³/mol. The minimum Gasteiger partial charge on any atom is -0.309 e. The molecule has 0 saturated heterocycles. The Morgan fingerprint density at radius 3 is 2.69 bits per heavy atom. The third-order valence-corrected chi connectivity index (χ3v) is 2.48. The molecule has 0 aromatic carbocycles. The summed E-state index contributed by atoms with van der Waals surface area (Å²) in [4.78, 5) is 23.8. The lowest BCUT2D eigenvalue weighted by Crippen LogP contribution is -2.29. The molecule has 0 spiro atoms. The van der Waals surface area contributed by atoms with Gasteiger partial charge in [0.25, 0.3) is 5.91 Å².